The molecule has 0 saturated heterocycles. The molecule has 1 aromatic heterocycles. The molecule has 0 aliphatic heterocycles. The Morgan fingerprint density at radius 2 is 2.20 bits per heavy atom. The second kappa shape index (κ2) is 7.90. The van der Waals surface area contributed by atoms with Crippen LogP contribution in [0.1, 0.15) is 49.9 Å². The largest absolute Gasteiger partial charge is 0.395 e. The Labute approximate surface area is 134 Å². The molecule has 2 atom stereocenters. The van der Waals surface area contributed by atoms with Gasteiger partial charge in [-0.25, -0.2) is 0 Å². The van der Waals surface area contributed by atoms with Crippen molar-refractivity contribution in [2.45, 2.75) is 57.2 Å². The molecule has 0 aromatic carbocycles. The summed E-state index contributed by atoms with van der Waals surface area (Å²) in [6.07, 6.45) is 6.03. The molecule has 1 saturated carbocycles. The molecule has 2 rings (SSSR count). The highest BCUT2D eigenvalue weighted by Gasteiger charge is 2.33. The lowest BCUT2D eigenvalue weighted by molar-refractivity contribution is 0.0900. The van der Waals surface area contributed by atoms with E-state index in [4.69, 9.17) is 5.73 Å². The van der Waals surface area contributed by atoms with Gasteiger partial charge >= 0.3 is 0 Å². The van der Waals surface area contributed by atoms with Crippen molar-refractivity contribution in [2.24, 2.45) is 5.73 Å². The summed E-state index contributed by atoms with van der Waals surface area (Å²) < 4.78 is 1.13. The van der Waals surface area contributed by atoms with Crippen LogP contribution in [-0.4, -0.2) is 35.2 Å². The number of hydrogen-bond acceptors (Lipinski definition) is 4. The van der Waals surface area contributed by atoms with Crippen LogP contribution in [0, 0.1) is 0 Å². The summed E-state index contributed by atoms with van der Waals surface area (Å²) >= 11 is 5.31. The van der Waals surface area contributed by atoms with Crippen molar-refractivity contribution < 1.29 is 5.11 Å². The number of halogens is 1. The molecule has 0 amide bonds. The van der Waals surface area contributed by atoms with Gasteiger partial charge in [0.05, 0.1) is 12.6 Å². The predicted octanol–water partition coefficient (Wildman–Crippen LogP) is 3.53. The van der Waals surface area contributed by atoms with Crippen molar-refractivity contribution in [3.05, 3.63) is 20.8 Å². The Bertz CT molecular complexity index is 406. The van der Waals surface area contributed by atoms with Crippen LogP contribution in [0.3, 0.4) is 0 Å². The van der Waals surface area contributed by atoms with Crippen molar-refractivity contribution in [3.63, 3.8) is 0 Å². The van der Waals surface area contributed by atoms with E-state index in [-0.39, 0.29) is 18.7 Å². The number of hydrogen-bond donors (Lipinski definition) is 2. The highest BCUT2D eigenvalue weighted by molar-refractivity contribution is 9.10. The van der Waals surface area contributed by atoms with Gasteiger partial charge in [0.25, 0.3) is 0 Å². The van der Waals surface area contributed by atoms with E-state index in [2.05, 4.69) is 39.2 Å². The van der Waals surface area contributed by atoms with Crippen molar-refractivity contribution >= 4 is 27.3 Å². The van der Waals surface area contributed by atoms with Crippen LogP contribution in [0.5, 0.6) is 0 Å². The van der Waals surface area contributed by atoms with Crippen LogP contribution in [0.15, 0.2) is 15.9 Å². The maximum absolute atomic E-state index is 9.46. The van der Waals surface area contributed by atoms with Crippen molar-refractivity contribution in [2.75, 3.05) is 13.2 Å². The van der Waals surface area contributed by atoms with E-state index in [1.807, 2.05) is 0 Å². The molecule has 1 aromatic rings. The molecule has 5 heteroatoms. The second-order valence-electron chi connectivity index (χ2n) is 5.58. The lowest BCUT2D eigenvalue weighted by Crippen LogP contribution is -2.46. The number of aliphatic hydroxyl groups is 1. The molecule has 20 heavy (non-hydrogen) atoms. The first-order valence-corrected chi connectivity index (χ1v) is 9.20. The highest BCUT2D eigenvalue weighted by atomic mass is 79.9. The minimum atomic E-state index is 0.118. The molecule has 1 aliphatic rings. The first-order chi connectivity index (χ1) is 9.67. The van der Waals surface area contributed by atoms with Crippen LogP contribution in [0.2, 0.25) is 0 Å². The molecule has 3 N–H and O–H groups in total. The number of rotatable bonds is 7. The molecule has 0 spiro atoms. The maximum atomic E-state index is 9.46. The Kier molecular flexibility index (Phi) is 6.49. The molecule has 0 bridgehead atoms. The Morgan fingerprint density at radius 3 is 2.70 bits per heavy atom. The standard InChI is InChI=1S/C15H25BrN2OS/c1-2-13(17)15(14-9-11(16)10-20-14)18(7-8-19)12-5-3-4-6-12/h9-10,12-13,15,19H,2-8,17H2,1H3. The molecule has 0 radical (unpaired) electrons. The first kappa shape index (κ1) is 16.4. The van der Waals surface area contributed by atoms with E-state index in [1.165, 1.54) is 30.6 Å². The summed E-state index contributed by atoms with van der Waals surface area (Å²) in [4.78, 5) is 3.77. The van der Waals surface area contributed by atoms with E-state index < -0.39 is 0 Å². The topological polar surface area (TPSA) is 49.5 Å². The third kappa shape index (κ3) is 3.83. The summed E-state index contributed by atoms with van der Waals surface area (Å²) in [5.74, 6) is 0. The van der Waals surface area contributed by atoms with Crippen LogP contribution >= 0.6 is 27.3 Å². The van der Waals surface area contributed by atoms with E-state index in [1.54, 1.807) is 11.3 Å². The van der Waals surface area contributed by atoms with Gasteiger partial charge in [-0.15, -0.1) is 11.3 Å². The van der Waals surface area contributed by atoms with Crippen LogP contribution in [0.25, 0.3) is 0 Å². The minimum absolute atomic E-state index is 0.118. The van der Waals surface area contributed by atoms with Gasteiger partial charge in [0.2, 0.25) is 0 Å². The zero-order chi connectivity index (χ0) is 14.5. The fraction of sp³-hybridized carbons (Fsp3) is 0.733. The zero-order valence-corrected chi connectivity index (χ0v) is 14.5. The molecular formula is C15H25BrN2OS. The average Bonchev–Trinajstić information content (AvgIpc) is 3.09. The van der Waals surface area contributed by atoms with Gasteiger partial charge in [0.15, 0.2) is 0 Å². The molecule has 3 nitrogen and oxygen atoms in total. The quantitative estimate of drug-likeness (QED) is 0.781. The van der Waals surface area contributed by atoms with Crippen molar-refractivity contribution in [3.8, 4) is 0 Å². The average molecular weight is 361 g/mol. The molecule has 2 unspecified atom stereocenters. The molecule has 1 aliphatic carbocycles. The van der Waals surface area contributed by atoms with E-state index in [0.29, 0.717) is 6.04 Å². The van der Waals surface area contributed by atoms with Gasteiger partial charge < -0.3 is 10.8 Å². The van der Waals surface area contributed by atoms with Crippen LogP contribution in [0.4, 0.5) is 0 Å². The lowest BCUT2D eigenvalue weighted by Gasteiger charge is -2.38. The van der Waals surface area contributed by atoms with E-state index >= 15 is 0 Å². The van der Waals surface area contributed by atoms with Crippen molar-refractivity contribution in [1.82, 2.24) is 4.90 Å². The summed E-state index contributed by atoms with van der Waals surface area (Å²) in [5, 5.41) is 11.6. The first-order valence-electron chi connectivity index (χ1n) is 7.53. The number of nitrogens with two attached hydrogens (primary N) is 1. The second-order valence-corrected chi connectivity index (χ2v) is 7.44. The van der Waals surface area contributed by atoms with Gasteiger partial charge in [-0.3, -0.25) is 4.90 Å². The summed E-state index contributed by atoms with van der Waals surface area (Å²) in [6, 6.07) is 3.11. The van der Waals surface area contributed by atoms with Crippen LogP contribution < -0.4 is 5.73 Å². The fourth-order valence-corrected chi connectivity index (χ4v) is 4.87. The van der Waals surface area contributed by atoms with Gasteiger partial charge in [-0.1, -0.05) is 19.8 Å². The van der Waals surface area contributed by atoms with Gasteiger partial charge in [-0.2, -0.15) is 0 Å². The Hall–Kier alpha value is 0.0600. The van der Waals surface area contributed by atoms with E-state index in [0.717, 1.165) is 17.4 Å². The lowest BCUT2D eigenvalue weighted by atomic mass is 10.00. The predicted molar refractivity (Wildman–Crippen MR) is 89.1 cm³/mol. The Morgan fingerprint density at radius 1 is 1.50 bits per heavy atom. The van der Waals surface area contributed by atoms with Gasteiger partial charge in [0.1, 0.15) is 0 Å². The third-order valence-electron chi connectivity index (χ3n) is 4.27. The Balaban J connectivity index is 2.26. The molecule has 1 fully saturated rings. The highest BCUT2D eigenvalue weighted by Crippen LogP contribution is 2.36. The SMILES string of the molecule is CCC(N)C(c1cc(Br)cs1)N(CCO)C1CCCC1. The normalized spacial score (nSPS) is 19.6. The summed E-state index contributed by atoms with van der Waals surface area (Å²) in [7, 11) is 0. The monoisotopic (exact) mass is 360 g/mol. The third-order valence-corrected chi connectivity index (χ3v) is 6.03. The molecule has 114 valence electrons. The van der Waals surface area contributed by atoms with Gasteiger partial charge in [-0.05, 0) is 41.3 Å². The van der Waals surface area contributed by atoms with Gasteiger partial charge in [0, 0.05) is 33.4 Å². The fourth-order valence-electron chi connectivity index (χ4n) is 3.23. The smallest absolute Gasteiger partial charge is 0.0596 e. The number of nitrogens with zero attached hydrogens (tertiary/aromatic N) is 1. The molecule has 1 heterocycles. The maximum Gasteiger partial charge on any atom is 0.0596 e. The van der Waals surface area contributed by atoms with Crippen LogP contribution in [-0.2, 0) is 0 Å². The number of thiophene rings is 1. The molecular weight excluding hydrogens is 336 g/mol. The summed E-state index contributed by atoms with van der Waals surface area (Å²) in [5.41, 5.74) is 6.43. The summed E-state index contributed by atoms with van der Waals surface area (Å²) in [6.45, 7) is 3.07. The number of aliphatic hydroxyl groups excluding tert-OH is 1. The van der Waals surface area contributed by atoms with E-state index in [9.17, 15) is 5.11 Å². The minimum Gasteiger partial charge on any atom is -0.395 e. The van der Waals surface area contributed by atoms with Crippen molar-refractivity contribution in [1.29, 1.82) is 0 Å². The zero-order valence-electron chi connectivity index (χ0n) is 12.1.